The Bertz CT molecular complexity index is 1080. The van der Waals surface area contributed by atoms with Crippen molar-refractivity contribution in [3.8, 4) is 9.88 Å². The van der Waals surface area contributed by atoms with Crippen LogP contribution < -0.4 is 10.2 Å². The van der Waals surface area contributed by atoms with Crippen LogP contribution in [0.5, 0.6) is 0 Å². The van der Waals surface area contributed by atoms with Gasteiger partial charge in [0.1, 0.15) is 10.8 Å². The van der Waals surface area contributed by atoms with E-state index in [2.05, 4.69) is 33.2 Å². The molecule has 2 aliphatic heterocycles. The van der Waals surface area contributed by atoms with Gasteiger partial charge in [-0.3, -0.25) is 9.79 Å². The third-order valence-corrected chi connectivity index (χ3v) is 7.27. The number of thiazole rings is 1. The van der Waals surface area contributed by atoms with Gasteiger partial charge >= 0.3 is 0 Å². The van der Waals surface area contributed by atoms with Crippen LogP contribution in [0.2, 0.25) is 0 Å². The molecule has 1 aromatic carbocycles. The molecule has 148 valence electrons. The quantitative estimate of drug-likeness (QED) is 0.696. The van der Waals surface area contributed by atoms with Crippen molar-refractivity contribution >= 4 is 40.1 Å². The van der Waals surface area contributed by atoms with Crippen LogP contribution in [-0.2, 0) is 11.3 Å². The number of rotatable bonds is 3. The van der Waals surface area contributed by atoms with E-state index in [9.17, 15) is 4.79 Å². The number of nitrogens with zero attached hydrogens (tertiary/aromatic N) is 3. The van der Waals surface area contributed by atoms with Crippen molar-refractivity contribution in [2.24, 2.45) is 4.99 Å². The van der Waals surface area contributed by atoms with E-state index in [-0.39, 0.29) is 5.91 Å². The molecule has 1 N–H and O–H groups in total. The van der Waals surface area contributed by atoms with Gasteiger partial charge in [0, 0.05) is 35.4 Å². The summed E-state index contributed by atoms with van der Waals surface area (Å²) >= 11 is 3.32. The maximum absolute atomic E-state index is 12.7. The van der Waals surface area contributed by atoms with E-state index in [0.29, 0.717) is 17.9 Å². The number of aromatic nitrogens is 1. The van der Waals surface area contributed by atoms with Gasteiger partial charge < -0.3 is 15.0 Å². The number of carbonyl (C=O) groups is 1. The number of amides is 1. The summed E-state index contributed by atoms with van der Waals surface area (Å²) < 4.78 is 5.40. The second kappa shape index (κ2) is 7.70. The number of fused-ring (bicyclic) bond motifs is 1. The molecule has 6 nitrogen and oxygen atoms in total. The first-order chi connectivity index (χ1) is 14.2. The van der Waals surface area contributed by atoms with Gasteiger partial charge in [-0.25, -0.2) is 4.98 Å². The molecule has 1 amide bonds. The minimum atomic E-state index is -0.134. The summed E-state index contributed by atoms with van der Waals surface area (Å²) in [7, 11) is 0. The highest BCUT2D eigenvalue weighted by Crippen LogP contribution is 2.36. The Labute approximate surface area is 176 Å². The van der Waals surface area contributed by atoms with Crippen LogP contribution >= 0.6 is 22.7 Å². The van der Waals surface area contributed by atoms with E-state index in [1.807, 2.05) is 30.5 Å². The Hall–Kier alpha value is -2.55. The number of amidine groups is 1. The van der Waals surface area contributed by atoms with Crippen molar-refractivity contribution in [1.29, 1.82) is 0 Å². The Morgan fingerprint density at radius 3 is 2.69 bits per heavy atom. The van der Waals surface area contributed by atoms with Gasteiger partial charge in [-0.2, -0.15) is 0 Å². The summed E-state index contributed by atoms with van der Waals surface area (Å²) in [5.41, 5.74) is 2.90. The molecule has 0 unspecified atom stereocenters. The Balaban J connectivity index is 1.29. The second-order valence-electron chi connectivity index (χ2n) is 7.01. The van der Waals surface area contributed by atoms with Gasteiger partial charge in [-0.1, -0.05) is 0 Å². The lowest BCUT2D eigenvalue weighted by Gasteiger charge is -2.28. The van der Waals surface area contributed by atoms with Crippen molar-refractivity contribution in [3.05, 3.63) is 57.4 Å². The molecule has 5 rings (SSSR count). The predicted octanol–water partition coefficient (Wildman–Crippen LogP) is 3.71. The van der Waals surface area contributed by atoms with Crippen molar-refractivity contribution in [2.45, 2.75) is 13.5 Å². The monoisotopic (exact) mass is 424 g/mol. The smallest absolute Gasteiger partial charge is 0.256 e. The summed E-state index contributed by atoms with van der Waals surface area (Å²) in [6.45, 7) is 5.90. The van der Waals surface area contributed by atoms with Crippen molar-refractivity contribution < 1.29 is 9.53 Å². The van der Waals surface area contributed by atoms with Gasteiger partial charge in [-0.15, -0.1) is 22.7 Å². The Morgan fingerprint density at radius 1 is 1.17 bits per heavy atom. The third-order valence-electron chi connectivity index (χ3n) is 5.00. The number of anilines is 1. The lowest BCUT2D eigenvalue weighted by Crippen LogP contribution is -2.36. The third kappa shape index (κ3) is 3.71. The van der Waals surface area contributed by atoms with E-state index in [0.717, 1.165) is 52.3 Å². The highest BCUT2D eigenvalue weighted by molar-refractivity contribution is 7.23. The van der Waals surface area contributed by atoms with Crippen molar-refractivity contribution in [3.63, 3.8) is 0 Å². The van der Waals surface area contributed by atoms with E-state index in [4.69, 9.17) is 4.74 Å². The molecule has 2 aliphatic rings. The van der Waals surface area contributed by atoms with Gasteiger partial charge in [0.2, 0.25) is 0 Å². The highest BCUT2D eigenvalue weighted by Gasteiger charge is 2.23. The molecule has 2 aromatic heterocycles. The number of hydrogen-bond acceptors (Lipinski definition) is 7. The number of ether oxygens (including phenoxy) is 1. The summed E-state index contributed by atoms with van der Waals surface area (Å²) in [6.07, 6.45) is 1.89. The lowest BCUT2D eigenvalue weighted by atomic mass is 10.1. The van der Waals surface area contributed by atoms with Crippen LogP contribution in [0.3, 0.4) is 0 Å². The van der Waals surface area contributed by atoms with Crippen LogP contribution in [0.15, 0.2) is 41.5 Å². The number of morpholine rings is 1. The molecular formula is C21H20N4O2S2. The van der Waals surface area contributed by atoms with E-state index >= 15 is 0 Å². The molecule has 0 aliphatic carbocycles. The fraction of sp³-hybridized carbons (Fsp3) is 0.286. The van der Waals surface area contributed by atoms with E-state index in [1.54, 1.807) is 22.7 Å². The molecule has 0 spiro atoms. The largest absolute Gasteiger partial charge is 0.378 e. The first-order valence-corrected chi connectivity index (χ1v) is 11.1. The minimum Gasteiger partial charge on any atom is -0.378 e. The number of thiophene rings is 1. The van der Waals surface area contributed by atoms with Crippen molar-refractivity contribution in [2.75, 3.05) is 31.2 Å². The summed E-state index contributed by atoms with van der Waals surface area (Å²) in [5.74, 6) is 0.525. The average Bonchev–Trinajstić information content (AvgIpc) is 3.46. The molecule has 0 saturated carbocycles. The van der Waals surface area contributed by atoms with Crippen LogP contribution in [0.4, 0.5) is 5.69 Å². The number of nitrogens with one attached hydrogen (secondary N) is 1. The predicted molar refractivity (Wildman–Crippen MR) is 117 cm³/mol. The highest BCUT2D eigenvalue weighted by atomic mass is 32.1. The van der Waals surface area contributed by atoms with E-state index in [1.165, 1.54) is 4.88 Å². The molecular weight excluding hydrogens is 404 g/mol. The molecule has 1 saturated heterocycles. The number of carbonyl (C=O) groups excluding carboxylic acids is 1. The molecule has 1 fully saturated rings. The maximum Gasteiger partial charge on any atom is 0.256 e. The van der Waals surface area contributed by atoms with Crippen molar-refractivity contribution in [1.82, 2.24) is 10.3 Å². The summed E-state index contributed by atoms with van der Waals surface area (Å²) in [6, 6.07) is 9.87. The standard InChI is InChI=1S/C21H20N4O2S2/c1-13-11-23-21(28-13)17-10-15-12-22-19(18(15)29-17)24-20(26)14-2-4-16(5-3-14)25-6-8-27-9-7-25/h2-5,10-11H,6-9,12H2,1H3,(H,22,24,26). The van der Waals surface area contributed by atoms with Crippen LogP contribution in [-0.4, -0.2) is 43.0 Å². The first kappa shape index (κ1) is 18.5. The molecule has 0 bridgehead atoms. The first-order valence-electron chi connectivity index (χ1n) is 9.52. The lowest BCUT2D eigenvalue weighted by molar-refractivity contribution is 0.0977. The second-order valence-corrected chi connectivity index (χ2v) is 9.29. The fourth-order valence-corrected chi connectivity index (χ4v) is 5.43. The van der Waals surface area contributed by atoms with Gasteiger partial charge in [0.15, 0.2) is 0 Å². The molecule has 0 radical (unpaired) electrons. The zero-order chi connectivity index (χ0) is 19.8. The van der Waals surface area contributed by atoms with Gasteiger partial charge in [-0.05, 0) is 42.8 Å². The number of aryl methyl sites for hydroxylation is 1. The topological polar surface area (TPSA) is 66.8 Å². The maximum atomic E-state index is 12.7. The molecule has 3 aromatic rings. The summed E-state index contributed by atoms with van der Waals surface area (Å²) in [4.78, 5) is 27.4. The average molecular weight is 425 g/mol. The van der Waals surface area contributed by atoms with Gasteiger partial charge in [0.05, 0.1) is 29.5 Å². The normalized spacial score (nSPS) is 15.9. The number of hydrogen-bond donors (Lipinski definition) is 1. The number of benzene rings is 1. The molecule has 8 heteroatoms. The summed E-state index contributed by atoms with van der Waals surface area (Å²) in [5, 5.41) is 4.01. The zero-order valence-corrected chi connectivity index (χ0v) is 17.6. The Morgan fingerprint density at radius 2 is 1.97 bits per heavy atom. The van der Waals surface area contributed by atoms with E-state index < -0.39 is 0 Å². The van der Waals surface area contributed by atoms with Crippen LogP contribution in [0, 0.1) is 6.92 Å². The molecule has 29 heavy (non-hydrogen) atoms. The van der Waals surface area contributed by atoms with Crippen LogP contribution in [0.25, 0.3) is 9.88 Å². The Kier molecular flexibility index (Phi) is 4.91. The molecule has 0 atom stereocenters. The zero-order valence-electron chi connectivity index (χ0n) is 16.0. The molecule has 4 heterocycles. The fourth-order valence-electron chi connectivity index (χ4n) is 3.48. The van der Waals surface area contributed by atoms with Gasteiger partial charge in [0.25, 0.3) is 5.91 Å². The van der Waals surface area contributed by atoms with Crippen LogP contribution in [0.1, 0.15) is 25.7 Å². The number of aliphatic imine (C=N–C) groups is 1. The minimum absolute atomic E-state index is 0.134. The SMILES string of the molecule is Cc1cnc(-c2cc3c(s2)C(NC(=O)c2ccc(N4CCOCC4)cc2)=NC3)s1.